The number of carbonyl (C=O) groups excluding carboxylic acids is 2. The molecule has 0 heterocycles. The highest BCUT2D eigenvalue weighted by molar-refractivity contribution is 6.08. The molecule has 0 aliphatic rings. The lowest BCUT2D eigenvalue weighted by atomic mass is 10.1. The maximum atomic E-state index is 12.2. The molecule has 2 aromatic carbocycles. The van der Waals surface area contributed by atoms with Gasteiger partial charge in [-0.05, 0) is 25.0 Å². The lowest BCUT2D eigenvalue weighted by molar-refractivity contribution is -0.117. The van der Waals surface area contributed by atoms with Crippen molar-refractivity contribution in [3.8, 4) is 0 Å². The van der Waals surface area contributed by atoms with E-state index in [0.717, 1.165) is 60.7 Å². The van der Waals surface area contributed by atoms with E-state index in [9.17, 15) is 9.59 Å². The second kappa shape index (κ2) is 10.6. The first-order valence-electron chi connectivity index (χ1n) is 9.77. The van der Waals surface area contributed by atoms with E-state index in [1.807, 2.05) is 36.4 Å². The third kappa shape index (κ3) is 5.87. The van der Waals surface area contributed by atoms with Crippen molar-refractivity contribution in [3.63, 3.8) is 0 Å². The van der Waals surface area contributed by atoms with Crippen LogP contribution in [0.25, 0.3) is 10.8 Å². The average molecular weight is 354 g/mol. The Morgan fingerprint density at radius 1 is 0.692 bits per heavy atom. The lowest BCUT2D eigenvalue weighted by Crippen LogP contribution is -2.12. The van der Waals surface area contributed by atoms with E-state index in [-0.39, 0.29) is 11.8 Å². The molecule has 0 radical (unpaired) electrons. The van der Waals surface area contributed by atoms with Crippen LogP contribution in [0.5, 0.6) is 0 Å². The first-order chi connectivity index (χ1) is 12.7. The Labute approximate surface area is 156 Å². The summed E-state index contributed by atoms with van der Waals surface area (Å²) < 4.78 is 0. The topological polar surface area (TPSA) is 58.2 Å². The van der Waals surface area contributed by atoms with Crippen molar-refractivity contribution >= 4 is 34.0 Å². The van der Waals surface area contributed by atoms with Crippen molar-refractivity contribution in [3.05, 3.63) is 36.4 Å². The second-order valence-corrected chi connectivity index (χ2v) is 6.72. The van der Waals surface area contributed by atoms with Crippen molar-refractivity contribution in [2.24, 2.45) is 0 Å². The van der Waals surface area contributed by atoms with Crippen LogP contribution in [0.3, 0.4) is 0 Å². The number of rotatable bonds is 10. The van der Waals surface area contributed by atoms with Crippen LogP contribution in [0.15, 0.2) is 36.4 Å². The minimum atomic E-state index is 0.0416. The van der Waals surface area contributed by atoms with Crippen molar-refractivity contribution in [1.82, 2.24) is 0 Å². The van der Waals surface area contributed by atoms with Gasteiger partial charge >= 0.3 is 0 Å². The lowest BCUT2D eigenvalue weighted by Gasteiger charge is -2.12. The number of benzene rings is 2. The molecule has 0 aromatic heterocycles. The van der Waals surface area contributed by atoms with Crippen molar-refractivity contribution in [1.29, 1.82) is 0 Å². The highest BCUT2D eigenvalue weighted by atomic mass is 16.2. The van der Waals surface area contributed by atoms with Crippen LogP contribution < -0.4 is 10.6 Å². The molecule has 0 saturated carbocycles. The summed E-state index contributed by atoms with van der Waals surface area (Å²) in [5.74, 6) is 0.0832. The molecule has 0 bridgehead atoms. The molecule has 0 spiro atoms. The molecule has 0 atom stereocenters. The summed E-state index contributed by atoms with van der Waals surface area (Å²) >= 11 is 0. The van der Waals surface area contributed by atoms with Crippen LogP contribution in [0.1, 0.15) is 65.2 Å². The van der Waals surface area contributed by atoms with Crippen LogP contribution in [-0.4, -0.2) is 11.8 Å². The summed E-state index contributed by atoms with van der Waals surface area (Å²) in [4.78, 5) is 24.3. The Balaban J connectivity index is 2.12. The third-order valence-corrected chi connectivity index (χ3v) is 4.49. The highest BCUT2D eigenvalue weighted by Gasteiger charge is 2.10. The van der Waals surface area contributed by atoms with Gasteiger partial charge in [0.1, 0.15) is 0 Å². The standard InChI is InChI=1S/C22H30N2O2/c1-3-5-7-15-21(25)23-19-13-9-12-18-17(19)11-10-14-20(18)24-22(26)16-8-6-4-2/h9-14H,3-8,15-16H2,1-2H3,(H,23,25)(H,24,26). The molecule has 0 unspecified atom stereocenters. The highest BCUT2D eigenvalue weighted by Crippen LogP contribution is 2.29. The van der Waals surface area contributed by atoms with Crippen LogP contribution in [0.4, 0.5) is 11.4 Å². The summed E-state index contributed by atoms with van der Waals surface area (Å²) in [7, 11) is 0. The Morgan fingerprint density at radius 3 is 1.50 bits per heavy atom. The maximum Gasteiger partial charge on any atom is 0.224 e. The van der Waals surface area contributed by atoms with Gasteiger partial charge in [-0.1, -0.05) is 63.8 Å². The minimum absolute atomic E-state index is 0.0416. The Kier molecular flexibility index (Phi) is 8.13. The summed E-state index contributed by atoms with van der Waals surface area (Å²) in [6, 6.07) is 11.6. The molecule has 26 heavy (non-hydrogen) atoms. The number of unbranched alkanes of at least 4 members (excludes halogenated alkanes) is 4. The first-order valence-corrected chi connectivity index (χ1v) is 9.77. The monoisotopic (exact) mass is 354 g/mol. The normalized spacial score (nSPS) is 10.7. The van der Waals surface area contributed by atoms with Gasteiger partial charge in [-0.2, -0.15) is 0 Å². The molecule has 0 aliphatic carbocycles. The Bertz CT molecular complexity index is 677. The first kappa shape index (κ1) is 20.0. The quantitative estimate of drug-likeness (QED) is 0.524. The average Bonchev–Trinajstić information content (AvgIpc) is 2.63. The van der Waals surface area contributed by atoms with E-state index in [4.69, 9.17) is 0 Å². The molecule has 4 nitrogen and oxygen atoms in total. The van der Waals surface area contributed by atoms with E-state index in [1.165, 1.54) is 0 Å². The van der Waals surface area contributed by atoms with Gasteiger partial charge in [0.15, 0.2) is 0 Å². The Morgan fingerprint density at radius 2 is 1.12 bits per heavy atom. The van der Waals surface area contributed by atoms with Gasteiger partial charge in [-0.25, -0.2) is 0 Å². The minimum Gasteiger partial charge on any atom is -0.326 e. The molecule has 0 aliphatic heterocycles. The zero-order valence-electron chi connectivity index (χ0n) is 15.9. The van der Waals surface area contributed by atoms with Crippen LogP contribution in [0.2, 0.25) is 0 Å². The van der Waals surface area contributed by atoms with Crippen LogP contribution in [0, 0.1) is 0 Å². The van der Waals surface area contributed by atoms with Crippen LogP contribution in [-0.2, 0) is 9.59 Å². The van der Waals surface area contributed by atoms with Gasteiger partial charge in [0.05, 0.1) is 0 Å². The fourth-order valence-corrected chi connectivity index (χ4v) is 3.02. The summed E-state index contributed by atoms with van der Waals surface area (Å²) in [6.07, 6.45) is 7.23. The second-order valence-electron chi connectivity index (χ2n) is 6.72. The molecule has 2 N–H and O–H groups in total. The third-order valence-electron chi connectivity index (χ3n) is 4.49. The summed E-state index contributed by atoms with van der Waals surface area (Å²) in [5.41, 5.74) is 1.59. The van der Waals surface area contributed by atoms with Gasteiger partial charge < -0.3 is 10.6 Å². The molecular weight excluding hydrogens is 324 g/mol. The predicted octanol–water partition coefficient (Wildman–Crippen LogP) is 5.88. The summed E-state index contributed by atoms with van der Waals surface area (Å²) in [6.45, 7) is 4.25. The number of anilines is 2. The van der Waals surface area contributed by atoms with Gasteiger partial charge in [-0.3, -0.25) is 9.59 Å². The van der Waals surface area contributed by atoms with Gasteiger partial charge in [-0.15, -0.1) is 0 Å². The van der Waals surface area contributed by atoms with Gasteiger partial charge in [0.2, 0.25) is 11.8 Å². The van der Waals surface area contributed by atoms with E-state index in [0.29, 0.717) is 12.8 Å². The largest absolute Gasteiger partial charge is 0.326 e. The van der Waals surface area contributed by atoms with E-state index in [1.54, 1.807) is 0 Å². The fourth-order valence-electron chi connectivity index (χ4n) is 3.02. The zero-order valence-corrected chi connectivity index (χ0v) is 15.9. The Hall–Kier alpha value is -2.36. The zero-order chi connectivity index (χ0) is 18.8. The smallest absolute Gasteiger partial charge is 0.224 e. The maximum absolute atomic E-state index is 12.2. The van der Waals surface area contributed by atoms with Crippen molar-refractivity contribution < 1.29 is 9.59 Å². The number of nitrogens with one attached hydrogen (secondary N) is 2. The number of fused-ring (bicyclic) bond motifs is 1. The number of hydrogen-bond acceptors (Lipinski definition) is 2. The number of carbonyl (C=O) groups is 2. The molecule has 140 valence electrons. The molecule has 0 saturated heterocycles. The van der Waals surface area contributed by atoms with Crippen LogP contribution >= 0.6 is 0 Å². The predicted molar refractivity (Wildman–Crippen MR) is 109 cm³/mol. The molecule has 0 fully saturated rings. The molecule has 4 heteroatoms. The van der Waals surface area contributed by atoms with Crippen molar-refractivity contribution in [2.45, 2.75) is 65.2 Å². The van der Waals surface area contributed by atoms with Crippen molar-refractivity contribution in [2.75, 3.05) is 10.6 Å². The molecule has 2 rings (SSSR count). The number of hydrogen-bond donors (Lipinski definition) is 2. The van der Waals surface area contributed by atoms with Gasteiger partial charge in [0.25, 0.3) is 0 Å². The van der Waals surface area contributed by atoms with E-state index >= 15 is 0 Å². The molecule has 2 aromatic rings. The SMILES string of the molecule is CCCCCC(=O)Nc1cccc2c(NC(=O)CCCCC)cccc12. The van der Waals surface area contributed by atoms with E-state index < -0.39 is 0 Å². The van der Waals surface area contributed by atoms with Gasteiger partial charge in [0, 0.05) is 35.0 Å². The van der Waals surface area contributed by atoms with E-state index in [2.05, 4.69) is 24.5 Å². The fraction of sp³-hybridized carbons (Fsp3) is 0.455. The summed E-state index contributed by atoms with van der Waals surface area (Å²) in [5, 5.41) is 7.92. The molecule has 2 amide bonds. The number of amides is 2. The molecular formula is C22H30N2O2.